The van der Waals surface area contributed by atoms with Crippen molar-refractivity contribution in [3.63, 3.8) is 0 Å². The average molecular weight is 423 g/mol. The van der Waals surface area contributed by atoms with Gasteiger partial charge >= 0.3 is 6.03 Å². The third-order valence-corrected chi connectivity index (χ3v) is 5.48. The van der Waals surface area contributed by atoms with Crippen molar-refractivity contribution in [2.45, 2.75) is 50.9 Å². The number of carbonyl (C=O) groups is 3. The van der Waals surface area contributed by atoms with E-state index in [4.69, 9.17) is 5.73 Å². The predicted molar refractivity (Wildman–Crippen MR) is 105 cm³/mol. The number of carbonyl (C=O) groups excluding carboxylic acids is 3. The van der Waals surface area contributed by atoms with Gasteiger partial charge in [0.15, 0.2) is 6.17 Å². The number of rotatable bonds is 4. The van der Waals surface area contributed by atoms with Crippen LogP contribution < -0.4 is 16.4 Å². The molecule has 1 saturated carbocycles. The highest BCUT2D eigenvalue weighted by Crippen LogP contribution is 2.22. The van der Waals surface area contributed by atoms with Crippen LogP contribution in [0.25, 0.3) is 0 Å². The van der Waals surface area contributed by atoms with Gasteiger partial charge in [-0.15, -0.1) is 0 Å². The molecule has 0 aromatic heterocycles. The zero-order chi connectivity index (χ0) is 21.8. The number of hydrogen-bond donors (Lipinski definition) is 3. The highest BCUT2D eigenvalue weighted by Gasteiger charge is 2.43. The van der Waals surface area contributed by atoms with Crippen LogP contribution in [0.5, 0.6) is 0 Å². The van der Waals surface area contributed by atoms with Gasteiger partial charge < -0.3 is 21.3 Å². The van der Waals surface area contributed by atoms with Crippen molar-refractivity contribution in [3.8, 4) is 0 Å². The Kier molecular flexibility index (Phi) is 6.86. The maximum Gasteiger partial charge on any atom is 0.319 e. The normalized spacial score (nSPS) is 23.9. The molecule has 1 unspecified atom stereocenters. The van der Waals surface area contributed by atoms with Crippen LogP contribution in [0, 0.1) is 11.6 Å². The quantitative estimate of drug-likeness (QED) is 0.676. The fourth-order valence-corrected chi connectivity index (χ4v) is 3.97. The maximum atomic E-state index is 13.6. The summed E-state index contributed by atoms with van der Waals surface area (Å²) in [7, 11) is 0. The lowest BCUT2D eigenvalue weighted by molar-refractivity contribution is -0.129. The molecule has 164 valence electrons. The highest BCUT2D eigenvalue weighted by molar-refractivity contribution is 5.99. The van der Waals surface area contributed by atoms with Gasteiger partial charge in [-0.25, -0.2) is 13.6 Å². The van der Waals surface area contributed by atoms with Gasteiger partial charge in [0.2, 0.25) is 0 Å². The molecule has 1 atom stereocenters. The lowest BCUT2D eigenvalue weighted by atomic mass is 9.92. The van der Waals surface area contributed by atoms with Gasteiger partial charge in [0.1, 0.15) is 11.6 Å². The monoisotopic (exact) mass is 423 g/mol. The van der Waals surface area contributed by atoms with E-state index in [0.29, 0.717) is 25.5 Å². The number of halogens is 2. The molecule has 0 spiro atoms. The Hall–Kier alpha value is -2.75. The second-order valence-electron chi connectivity index (χ2n) is 7.68. The third-order valence-electron chi connectivity index (χ3n) is 5.48. The zero-order valence-electron chi connectivity index (χ0n) is 16.9. The van der Waals surface area contributed by atoms with Gasteiger partial charge in [0, 0.05) is 43.3 Å². The van der Waals surface area contributed by atoms with E-state index in [2.05, 4.69) is 10.6 Å². The van der Waals surface area contributed by atoms with Gasteiger partial charge in [-0.3, -0.25) is 14.5 Å². The Balaban J connectivity index is 1.82. The van der Waals surface area contributed by atoms with Crippen LogP contribution in [-0.2, 0) is 4.79 Å². The van der Waals surface area contributed by atoms with E-state index >= 15 is 0 Å². The minimum absolute atomic E-state index is 0.0712. The summed E-state index contributed by atoms with van der Waals surface area (Å²) in [6.45, 7) is 2.30. The second kappa shape index (κ2) is 9.38. The summed E-state index contributed by atoms with van der Waals surface area (Å²) in [5.74, 6) is -2.99. The summed E-state index contributed by atoms with van der Waals surface area (Å²) < 4.78 is 27.2. The predicted octanol–water partition coefficient (Wildman–Crippen LogP) is 1.16. The lowest BCUT2D eigenvalue weighted by Gasteiger charge is -2.32. The van der Waals surface area contributed by atoms with Crippen molar-refractivity contribution in [3.05, 3.63) is 35.4 Å². The first kappa shape index (κ1) is 21.9. The number of hydrogen-bond acceptors (Lipinski definition) is 4. The van der Waals surface area contributed by atoms with Gasteiger partial charge in [-0.2, -0.15) is 0 Å². The molecule has 1 aromatic rings. The molecule has 8 nitrogen and oxygen atoms in total. The standard InChI is InChI=1S/C20H27F2N5O3/c1-2-24-20(30)27-8-7-26(19(29)12-9-13(21)11-14(22)10-12)18(27)17(28)25-16-5-3-15(23)4-6-16/h9-11,15-16,18H,2-8,23H2,1H3,(H,24,30)(H,25,28). The van der Waals surface area contributed by atoms with Gasteiger partial charge in [-0.1, -0.05) is 0 Å². The van der Waals surface area contributed by atoms with E-state index in [1.165, 1.54) is 9.80 Å². The van der Waals surface area contributed by atoms with Crippen LogP contribution >= 0.6 is 0 Å². The molecular weight excluding hydrogens is 396 g/mol. The van der Waals surface area contributed by atoms with Crippen LogP contribution in [0.1, 0.15) is 43.0 Å². The molecule has 30 heavy (non-hydrogen) atoms. The molecule has 1 heterocycles. The zero-order valence-corrected chi connectivity index (χ0v) is 16.9. The second-order valence-corrected chi connectivity index (χ2v) is 7.68. The minimum Gasteiger partial charge on any atom is -0.350 e. The minimum atomic E-state index is -1.20. The Morgan fingerprint density at radius 2 is 1.63 bits per heavy atom. The fourth-order valence-electron chi connectivity index (χ4n) is 3.97. The van der Waals surface area contributed by atoms with Crippen molar-refractivity contribution < 1.29 is 23.2 Å². The molecule has 1 aliphatic carbocycles. The number of nitrogens with zero attached hydrogens (tertiary/aromatic N) is 2. The smallest absolute Gasteiger partial charge is 0.319 e. The number of nitrogens with two attached hydrogens (primary N) is 1. The number of urea groups is 1. The van der Waals surface area contributed by atoms with E-state index in [9.17, 15) is 23.2 Å². The van der Waals surface area contributed by atoms with E-state index in [1.54, 1.807) is 6.92 Å². The summed E-state index contributed by atoms with van der Waals surface area (Å²) in [6.07, 6.45) is 1.78. The Morgan fingerprint density at radius 3 is 2.23 bits per heavy atom. The topological polar surface area (TPSA) is 108 Å². The van der Waals surface area contributed by atoms with Crippen LogP contribution in [0.4, 0.5) is 13.6 Å². The van der Waals surface area contributed by atoms with Gasteiger partial charge in [0.25, 0.3) is 11.8 Å². The van der Waals surface area contributed by atoms with E-state index in [1.807, 2.05) is 0 Å². The Bertz CT molecular complexity index is 793. The molecule has 0 radical (unpaired) electrons. The number of benzene rings is 1. The molecule has 4 N–H and O–H groups in total. The molecule has 3 rings (SSSR count). The first-order valence-corrected chi connectivity index (χ1v) is 10.2. The molecular formula is C20H27F2N5O3. The van der Waals surface area contributed by atoms with E-state index in [0.717, 1.165) is 25.0 Å². The summed E-state index contributed by atoms with van der Waals surface area (Å²) in [6, 6.07) is 2.02. The van der Waals surface area contributed by atoms with Crippen molar-refractivity contribution in [2.75, 3.05) is 19.6 Å². The largest absolute Gasteiger partial charge is 0.350 e. The van der Waals surface area contributed by atoms with Crippen LogP contribution in [0.3, 0.4) is 0 Å². The molecule has 2 fully saturated rings. The number of nitrogens with one attached hydrogen (secondary N) is 2. The fraction of sp³-hybridized carbons (Fsp3) is 0.550. The summed E-state index contributed by atoms with van der Waals surface area (Å²) >= 11 is 0. The van der Waals surface area contributed by atoms with E-state index < -0.39 is 35.6 Å². The molecule has 4 amide bonds. The molecule has 2 aliphatic rings. The molecule has 0 bridgehead atoms. The maximum absolute atomic E-state index is 13.6. The molecule has 1 aromatic carbocycles. The first-order chi connectivity index (χ1) is 14.3. The molecule has 10 heteroatoms. The van der Waals surface area contributed by atoms with Crippen LogP contribution in [0.15, 0.2) is 18.2 Å². The van der Waals surface area contributed by atoms with Crippen molar-refractivity contribution in [1.29, 1.82) is 0 Å². The van der Waals surface area contributed by atoms with Crippen molar-refractivity contribution in [1.82, 2.24) is 20.4 Å². The Morgan fingerprint density at radius 1 is 1.03 bits per heavy atom. The SMILES string of the molecule is CCNC(=O)N1CCN(C(=O)c2cc(F)cc(F)c2)C1C(=O)NC1CCC(N)CC1. The summed E-state index contributed by atoms with van der Waals surface area (Å²) in [4.78, 5) is 41.0. The first-order valence-electron chi connectivity index (χ1n) is 10.2. The van der Waals surface area contributed by atoms with Crippen LogP contribution in [-0.4, -0.2) is 65.5 Å². The van der Waals surface area contributed by atoms with Gasteiger partial charge in [0.05, 0.1) is 0 Å². The molecule has 1 aliphatic heterocycles. The summed E-state index contributed by atoms with van der Waals surface area (Å²) in [5.41, 5.74) is 5.69. The number of amides is 4. The lowest BCUT2D eigenvalue weighted by Crippen LogP contribution is -2.57. The average Bonchev–Trinajstić information content (AvgIpc) is 3.14. The molecule has 1 saturated heterocycles. The van der Waals surface area contributed by atoms with Crippen LogP contribution in [0.2, 0.25) is 0 Å². The Labute approximate surface area is 173 Å². The van der Waals surface area contributed by atoms with Crippen molar-refractivity contribution >= 4 is 17.8 Å². The van der Waals surface area contributed by atoms with Gasteiger partial charge in [-0.05, 0) is 44.7 Å². The summed E-state index contributed by atoms with van der Waals surface area (Å²) in [5, 5.41) is 5.54. The van der Waals surface area contributed by atoms with E-state index in [-0.39, 0.29) is 30.7 Å². The third kappa shape index (κ3) is 4.86. The highest BCUT2D eigenvalue weighted by atomic mass is 19.1. The van der Waals surface area contributed by atoms with Crippen molar-refractivity contribution in [2.24, 2.45) is 5.73 Å².